The maximum atomic E-state index is 5.72. The SMILES string of the molecule is CCCCCCCC[Si](C)(C)C(C)C1CCC2OC2C1. The predicted molar refractivity (Wildman–Crippen MR) is 91.1 cm³/mol. The van der Waals surface area contributed by atoms with E-state index in [9.17, 15) is 0 Å². The Morgan fingerprint density at radius 3 is 2.40 bits per heavy atom. The largest absolute Gasteiger partial charge is 0.370 e. The van der Waals surface area contributed by atoms with Crippen molar-refractivity contribution in [1.29, 1.82) is 0 Å². The molecular weight excluding hydrogens is 260 g/mol. The van der Waals surface area contributed by atoms with E-state index in [0.717, 1.165) is 11.5 Å². The van der Waals surface area contributed by atoms with Crippen LogP contribution in [-0.2, 0) is 4.74 Å². The van der Waals surface area contributed by atoms with Gasteiger partial charge in [0, 0.05) is 0 Å². The number of ether oxygens (including phenoxy) is 1. The predicted octanol–water partition coefficient (Wildman–Crippen LogP) is 6.01. The molecule has 1 saturated heterocycles. The Balaban J connectivity index is 1.65. The van der Waals surface area contributed by atoms with Gasteiger partial charge < -0.3 is 4.74 Å². The molecule has 1 saturated carbocycles. The van der Waals surface area contributed by atoms with Gasteiger partial charge in [0.2, 0.25) is 0 Å². The average molecular weight is 297 g/mol. The summed E-state index contributed by atoms with van der Waals surface area (Å²) in [5, 5.41) is 0. The summed E-state index contributed by atoms with van der Waals surface area (Å²) in [5.74, 6) is 0.973. The molecule has 0 spiro atoms. The van der Waals surface area contributed by atoms with Gasteiger partial charge in [-0.25, -0.2) is 0 Å². The minimum atomic E-state index is -1.03. The topological polar surface area (TPSA) is 12.5 Å². The molecule has 1 heterocycles. The van der Waals surface area contributed by atoms with Gasteiger partial charge >= 0.3 is 0 Å². The van der Waals surface area contributed by atoms with Crippen molar-refractivity contribution >= 4 is 8.07 Å². The fourth-order valence-electron chi connectivity index (χ4n) is 4.12. The van der Waals surface area contributed by atoms with Crippen LogP contribution in [0.2, 0.25) is 24.7 Å². The fourth-order valence-corrected chi connectivity index (χ4v) is 7.31. The molecule has 2 fully saturated rings. The molecule has 2 aliphatic rings. The Labute approximate surface area is 127 Å². The third-order valence-electron chi connectivity index (χ3n) is 6.16. The molecule has 0 amide bonds. The number of epoxide rings is 1. The van der Waals surface area contributed by atoms with Crippen LogP contribution >= 0.6 is 0 Å². The lowest BCUT2D eigenvalue weighted by molar-refractivity contribution is 0.354. The van der Waals surface area contributed by atoms with Gasteiger partial charge in [0.05, 0.1) is 20.3 Å². The van der Waals surface area contributed by atoms with Crippen molar-refractivity contribution < 1.29 is 4.74 Å². The normalized spacial score (nSPS) is 30.9. The van der Waals surface area contributed by atoms with Gasteiger partial charge in [-0.05, 0) is 30.7 Å². The van der Waals surface area contributed by atoms with Crippen LogP contribution in [0.25, 0.3) is 0 Å². The van der Waals surface area contributed by atoms with E-state index in [4.69, 9.17) is 4.74 Å². The highest BCUT2D eigenvalue weighted by Crippen LogP contribution is 2.47. The molecule has 1 aliphatic carbocycles. The highest BCUT2D eigenvalue weighted by molar-refractivity contribution is 6.78. The Morgan fingerprint density at radius 2 is 1.70 bits per heavy atom. The zero-order chi connectivity index (χ0) is 14.6. The van der Waals surface area contributed by atoms with E-state index in [1.54, 1.807) is 6.04 Å². The van der Waals surface area contributed by atoms with Crippen LogP contribution in [0.4, 0.5) is 0 Å². The van der Waals surface area contributed by atoms with Gasteiger partial charge in [-0.15, -0.1) is 0 Å². The number of hydrogen-bond acceptors (Lipinski definition) is 1. The van der Waals surface area contributed by atoms with Crippen LogP contribution in [0.5, 0.6) is 0 Å². The van der Waals surface area contributed by atoms with Crippen LogP contribution in [-0.4, -0.2) is 20.3 Å². The molecule has 0 radical (unpaired) electrons. The molecular formula is C18H36OSi. The first-order valence-electron chi connectivity index (χ1n) is 9.20. The van der Waals surface area contributed by atoms with E-state index < -0.39 is 8.07 Å². The van der Waals surface area contributed by atoms with Gasteiger partial charge in [-0.2, -0.15) is 0 Å². The summed E-state index contributed by atoms with van der Waals surface area (Å²) in [5.41, 5.74) is 0.989. The fraction of sp³-hybridized carbons (Fsp3) is 1.00. The number of rotatable bonds is 9. The maximum absolute atomic E-state index is 5.72. The molecule has 20 heavy (non-hydrogen) atoms. The Morgan fingerprint density at radius 1 is 1.00 bits per heavy atom. The van der Waals surface area contributed by atoms with Gasteiger partial charge in [-0.1, -0.05) is 71.5 Å². The van der Waals surface area contributed by atoms with Crippen LogP contribution in [0.3, 0.4) is 0 Å². The van der Waals surface area contributed by atoms with Gasteiger partial charge in [0.1, 0.15) is 0 Å². The van der Waals surface area contributed by atoms with Crippen LogP contribution in [0, 0.1) is 5.92 Å². The zero-order valence-corrected chi connectivity index (χ0v) is 15.3. The van der Waals surface area contributed by atoms with Crippen molar-refractivity contribution in [3.63, 3.8) is 0 Å². The van der Waals surface area contributed by atoms with E-state index in [-0.39, 0.29) is 0 Å². The highest BCUT2D eigenvalue weighted by Gasteiger charge is 2.47. The molecule has 4 unspecified atom stereocenters. The average Bonchev–Trinajstić information content (AvgIpc) is 3.20. The molecule has 0 aromatic rings. The third kappa shape index (κ3) is 4.59. The summed E-state index contributed by atoms with van der Waals surface area (Å²) in [7, 11) is -1.03. The summed E-state index contributed by atoms with van der Waals surface area (Å²) >= 11 is 0. The first-order valence-corrected chi connectivity index (χ1v) is 12.5. The molecule has 0 bridgehead atoms. The van der Waals surface area contributed by atoms with Crippen molar-refractivity contribution in [3.05, 3.63) is 0 Å². The van der Waals surface area contributed by atoms with Gasteiger partial charge in [0.25, 0.3) is 0 Å². The van der Waals surface area contributed by atoms with Gasteiger partial charge in [-0.3, -0.25) is 0 Å². The molecule has 0 aromatic heterocycles. The Hall–Kier alpha value is 0.177. The molecule has 4 atom stereocenters. The van der Waals surface area contributed by atoms with E-state index in [2.05, 4.69) is 26.9 Å². The minimum Gasteiger partial charge on any atom is -0.370 e. The van der Waals surface area contributed by atoms with Crippen molar-refractivity contribution in [2.75, 3.05) is 0 Å². The van der Waals surface area contributed by atoms with Crippen molar-refractivity contribution in [2.24, 2.45) is 5.92 Å². The summed E-state index contributed by atoms with van der Waals surface area (Å²) in [6.45, 7) is 10.2. The molecule has 1 aliphatic heterocycles. The van der Waals surface area contributed by atoms with E-state index >= 15 is 0 Å². The van der Waals surface area contributed by atoms with E-state index in [1.165, 1.54) is 57.8 Å². The second-order valence-electron chi connectivity index (χ2n) is 8.08. The third-order valence-corrected chi connectivity index (χ3v) is 10.7. The molecule has 118 valence electrons. The van der Waals surface area contributed by atoms with Crippen LogP contribution < -0.4 is 0 Å². The number of fused-ring (bicyclic) bond motifs is 1. The molecule has 2 rings (SSSR count). The van der Waals surface area contributed by atoms with Crippen LogP contribution in [0.15, 0.2) is 0 Å². The molecule has 1 nitrogen and oxygen atoms in total. The van der Waals surface area contributed by atoms with Crippen molar-refractivity contribution in [2.45, 2.75) is 109 Å². The summed E-state index contributed by atoms with van der Waals surface area (Å²) in [6.07, 6.45) is 14.2. The van der Waals surface area contributed by atoms with Crippen LogP contribution in [0.1, 0.15) is 71.6 Å². The van der Waals surface area contributed by atoms with E-state index in [0.29, 0.717) is 12.2 Å². The Kier molecular flexibility index (Phi) is 6.16. The van der Waals surface area contributed by atoms with E-state index in [1.807, 2.05) is 0 Å². The van der Waals surface area contributed by atoms with Crippen molar-refractivity contribution in [3.8, 4) is 0 Å². The smallest absolute Gasteiger partial charge is 0.0844 e. The number of unbranched alkanes of at least 4 members (excludes halogenated alkanes) is 5. The Bertz CT molecular complexity index is 289. The maximum Gasteiger partial charge on any atom is 0.0844 e. The second-order valence-corrected chi connectivity index (χ2v) is 13.5. The first-order chi connectivity index (χ1) is 9.54. The second kappa shape index (κ2) is 7.44. The lowest BCUT2D eigenvalue weighted by Gasteiger charge is -2.37. The molecule has 0 aromatic carbocycles. The lowest BCUT2D eigenvalue weighted by Crippen LogP contribution is -2.36. The zero-order valence-electron chi connectivity index (χ0n) is 14.3. The summed E-state index contributed by atoms with van der Waals surface area (Å²) in [4.78, 5) is 0. The quantitative estimate of drug-likeness (QED) is 0.288. The standard InChI is InChI=1S/C18H36OSi/c1-5-6-7-8-9-10-13-20(3,4)15(2)16-11-12-17-18(14-16)19-17/h15-18H,5-14H2,1-4H3. The minimum absolute atomic E-state index is 0.662. The number of hydrogen-bond donors (Lipinski definition) is 0. The van der Waals surface area contributed by atoms with Crippen molar-refractivity contribution in [1.82, 2.24) is 0 Å². The van der Waals surface area contributed by atoms with Gasteiger partial charge in [0.15, 0.2) is 0 Å². The highest BCUT2D eigenvalue weighted by atomic mass is 28.3. The molecule has 2 heteroatoms. The summed E-state index contributed by atoms with van der Waals surface area (Å²) < 4.78 is 5.72. The monoisotopic (exact) mass is 296 g/mol. The lowest BCUT2D eigenvalue weighted by atomic mass is 9.87. The summed E-state index contributed by atoms with van der Waals surface area (Å²) in [6, 6.07) is 1.55. The first kappa shape index (κ1) is 16.5. The molecule has 0 N–H and O–H groups in total.